The average Bonchev–Trinajstić information content (AvgIpc) is 3.34. The Kier molecular flexibility index (Phi) is 10.2. The molecule has 0 radical (unpaired) electrons. The number of carboxylic acid groups (broad SMARTS) is 1. The summed E-state index contributed by atoms with van der Waals surface area (Å²) in [4.78, 5) is 38.3. The lowest BCUT2D eigenvalue weighted by molar-refractivity contribution is -0.152. The van der Waals surface area contributed by atoms with E-state index in [9.17, 15) is 14.7 Å². The molecular weight excluding hydrogens is 548 g/mol. The highest BCUT2D eigenvalue weighted by Crippen LogP contribution is 2.29. The molecule has 4 aromatic rings. The van der Waals surface area contributed by atoms with Crippen LogP contribution in [0.2, 0.25) is 0 Å². The molecule has 2 aromatic carbocycles. The van der Waals surface area contributed by atoms with Crippen LogP contribution in [0.15, 0.2) is 48.5 Å². The SMILES string of the molecule is CCN(C)CC(=O)N(CCCn1c(CCOC)nc2c(N)nc3ccccc3c21)Cc1cccc(OC(C)(C)C(=O)O)c1. The number of carbonyl (C=O) groups excluding carboxylic acids is 1. The number of nitrogens with zero attached hydrogens (tertiary/aromatic N) is 5. The number of anilines is 1. The van der Waals surface area contributed by atoms with E-state index in [2.05, 4.69) is 9.55 Å². The lowest BCUT2D eigenvalue weighted by Gasteiger charge is -2.26. The molecule has 2 heterocycles. The summed E-state index contributed by atoms with van der Waals surface area (Å²) < 4.78 is 13.3. The number of methoxy groups -OCH3 is 1. The maximum Gasteiger partial charge on any atom is 0.347 e. The molecule has 0 aliphatic rings. The Labute approximate surface area is 252 Å². The number of ether oxygens (including phenoxy) is 2. The van der Waals surface area contributed by atoms with Gasteiger partial charge in [-0.05, 0) is 57.6 Å². The molecule has 43 heavy (non-hydrogen) atoms. The second-order valence-corrected chi connectivity index (χ2v) is 11.2. The fourth-order valence-electron chi connectivity index (χ4n) is 4.95. The van der Waals surface area contributed by atoms with Crippen LogP contribution in [-0.4, -0.2) is 87.3 Å². The number of carboxylic acids is 1. The van der Waals surface area contributed by atoms with Gasteiger partial charge in [0.1, 0.15) is 17.1 Å². The number of aryl methyl sites for hydroxylation is 1. The van der Waals surface area contributed by atoms with Gasteiger partial charge < -0.3 is 29.8 Å². The van der Waals surface area contributed by atoms with Crippen LogP contribution in [0.5, 0.6) is 5.75 Å². The highest BCUT2D eigenvalue weighted by atomic mass is 16.5. The Bertz CT molecular complexity index is 1580. The molecule has 0 atom stereocenters. The topological polar surface area (TPSA) is 136 Å². The van der Waals surface area contributed by atoms with Gasteiger partial charge in [0.05, 0.1) is 24.2 Å². The summed E-state index contributed by atoms with van der Waals surface area (Å²) in [6.07, 6.45) is 1.29. The number of rotatable bonds is 15. The predicted molar refractivity (Wildman–Crippen MR) is 167 cm³/mol. The van der Waals surface area contributed by atoms with Crippen LogP contribution in [0.25, 0.3) is 21.9 Å². The van der Waals surface area contributed by atoms with Crippen molar-refractivity contribution in [3.05, 3.63) is 59.9 Å². The van der Waals surface area contributed by atoms with E-state index in [4.69, 9.17) is 20.2 Å². The Morgan fingerprint density at radius 3 is 2.60 bits per heavy atom. The first-order valence-corrected chi connectivity index (χ1v) is 14.5. The minimum Gasteiger partial charge on any atom is -0.478 e. The molecule has 0 bridgehead atoms. The third-order valence-corrected chi connectivity index (χ3v) is 7.49. The van der Waals surface area contributed by atoms with Crippen molar-refractivity contribution in [2.24, 2.45) is 0 Å². The van der Waals surface area contributed by atoms with Crippen molar-refractivity contribution in [2.75, 3.05) is 46.1 Å². The van der Waals surface area contributed by atoms with Crippen LogP contribution in [-0.2, 0) is 33.8 Å². The number of aromatic nitrogens is 3. The van der Waals surface area contributed by atoms with Crippen LogP contribution in [0, 0.1) is 0 Å². The molecule has 0 spiro atoms. The van der Waals surface area contributed by atoms with Crippen molar-refractivity contribution in [2.45, 2.75) is 52.3 Å². The van der Waals surface area contributed by atoms with Gasteiger partial charge in [-0.1, -0.05) is 37.3 Å². The third kappa shape index (κ3) is 7.60. The molecule has 0 saturated carbocycles. The Hall–Kier alpha value is -4.22. The quantitative estimate of drug-likeness (QED) is 0.211. The molecule has 1 amide bonds. The second-order valence-electron chi connectivity index (χ2n) is 11.2. The lowest BCUT2D eigenvalue weighted by Crippen LogP contribution is -2.39. The fourth-order valence-corrected chi connectivity index (χ4v) is 4.95. The molecule has 11 heteroatoms. The standard InChI is InChI=1S/C32H42N6O5/c1-6-36(4)21-27(39)37(20-22-11-9-12-23(19-22)43-32(2,3)31(40)41)16-10-17-38-26(15-18-42-5)35-28-29(38)24-13-7-8-14-25(24)34-30(28)33/h7-9,11-14,19H,6,10,15-18,20-21H2,1-5H3,(H2,33,34)(H,40,41). The van der Waals surface area contributed by atoms with Crippen LogP contribution in [0.3, 0.4) is 0 Å². The van der Waals surface area contributed by atoms with Crippen LogP contribution in [0.1, 0.15) is 38.6 Å². The van der Waals surface area contributed by atoms with Gasteiger partial charge in [0.25, 0.3) is 0 Å². The van der Waals surface area contributed by atoms with Gasteiger partial charge in [-0.3, -0.25) is 9.69 Å². The first-order chi connectivity index (χ1) is 20.5. The van der Waals surface area contributed by atoms with Crippen molar-refractivity contribution in [3.63, 3.8) is 0 Å². The number of imidazole rings is 1. The van der Waals surface area contributed by atoms with Crippen molar-refractivity contribution in [1.82, 2.24) is 24.3 Å². The van der Waals surface area contributed by atoms with Crippen LogP contribution >= 0.6 is 0 Å². The number of aliphatic carboxylic acids is 1. The van der Waals surface area contributed by atoms with E-state index < -0.39 is 11.6 Å². The van der Waals surface area contributed by atoms with Crippen molar-refractivity contribution >= 4 is 39.6 Å². The van der Waals surface area contributed by atoms with Gasteiger partial charge in [-0.25, -0.2) is 14.8 Å². The zero-order valence-electron chi connectivity index (χ0n) is 25.7. The summed E-state index contributed by atoms with van der Waals surface area (Å²) in [6.45, 7) is 8.06. The zero-order chi connectivity index (χ0) is 31.1. The fraction of sp³-hybridized carbons (Fsp3) is 0.438. The number of likely N-dealkylation sites (N-methyl/N-ethyl adjacent to an activating group) is 1. The van der Waals surface area contributed by atoms with E-state index in [1.807, 2.05) is 60.2 Å². The molecule has 11 nitrogen and oxygen atoms in total. The average molecular weight is 591 g/mol. The second kappa shape index (κ2) is 13.8. The number of hydrogen-bond donors (Lipinski definition) is 2. The van der Waals surface area contributed by atoms with Gasteiger partial charge in [0.15, 0.2) is 11.4 Å². The maximum atomic E-state index is 13.5. The molecule has 0 aliphatic carbocycles. The van der Waals surface area contributed by atoms with Crippen LogP contribution in [0.4, 0.5) is 5.82 Å². The first kappa shape index (κ1) is 31.7. The number of nitrogens with two attached hydrogens (primary N) is 1. The molecular formula is C32H42N6O5. The number of carbonyl (C=O) groups is 2. The molecule has 0 aliphatic heterocycles. The van der Waals surface area contributed by atoms with Gasteiger partial charge in [-0.2, -0.15) is 0 Å². The Morgan fingerprint density at radius 2 is 1.88 bits per heavy atom. The molecule has 2 aromatic heterocycles. The summed E-state index contributed by atoms with van der Waals surface area (Å²) in [5, 5.41) is 10.4. The number of pyridine rings is 1. The lowest BCUT2D eigenvalue weighted by atomic mass is 10.1. The number of benzene rings is 2. The van der Waals surface area contributed by atoms with E-state index in [-0.39, 0.29) is 5.91 Å². The summed E-state index contributed by atoms with van der Waals surface area (Å²) in [6, 6.07) is 15.1. The van der Waals surface area contributed by atoms with Gasteiger partial charge in [-0.15, -0.1) is 0 Å². The van der Waals surface area contributed by atoms with Crippen LogP contribution < -0.4 is 10.5 Å². The largest absolute Gasteiger partial charge is 0.478 e. The molecule has 4 rings (SSSR count). The number of hydrogen-bond acceptors (Lipinski definition) is 8. The molecule has 3 N–H and O–H groups in total. The first-order valence-electron chi connectivity index (χ1n) is 14.5. The third-order valence-electron chi connectivity index (χ3n) is 7.49. The highest BCUT2D eigenvalue weighted by Gasteiger charge is 2.29. The Morgan fingerprint density at radius 1 is 1.12 bits per heavy atom. The van der Waals surface area contributed by atoms with Crippen molar-refractivity contribution in [1.29, 1.82) is 0 Å². The number of amides is 1. The van der Waals surface area contributed by atoms with E-state index in [1.54, 1.807) is 19.2 Å². The van der Waals surface area contributed by atoms with E-state index in [1.165, 1.54) is 13.8 Å². The highest BCUT2D eigenvalue weighted by molar-refractivity contribution is 6.06. The minimum atomic E-state index is -1.38. The molecule has 0 fully saturated rings. The monoisotopic (exact) mass is 590 g/mol. The zero-order valence-corrected chi connectivity index (χ0v) is 25.7. The van der Waals surface area contributed by atoms with E-state index in [0.29, 0.717) is 62.7 Å². The summed E-state index contributed by atoms with van der Waals surface area (Å²) >= 11 is 0. The summed E-state index contributed by atoms with van der Waals surface area (Å²) in [5.74, 6) is 0.638. The molecule has 0 saturated heterocycles. The Balaban J connectivity index is 1.60. The number of para-hydroxylation sites is 1. The van der Waals surface area contributed by atoms with Gasteiger partial charge >= 0.3 is 5.97 Å². The van der Waals surface area contributed by atoms with Gasteiger partial charge in [0.2, 0.25) is 5.91 Å². The number of nitrogen functional groups attached to an aromatic ring is 1. The van der Waals surface area contributed by atoms with E-state index >= 15 is 0 Å². The normalized spacial score (nSPS) is 11.9. The summed E-state index contributed by atoms with van der Waals surface area (Å²) in [5.41, 5.74) is 8.22. The molecule has 230 valence electrons. The smallest absolute Gasteiger partial charge is 0.347 e. The maximum absolute atomic E-state index is 13.5. The predicted octanol–water partition coefficient (Wildman–Crippen LogP) is 3.97. The number of fused-ring (bicyclic) bond motifs is 3. The summed E-state index contributed by atoms with van der Waals surface area (Å²) in [7, 11) is 3.58. The van der Waals surface area contributed by atoms with Gasteiger partial charge in [0, 0.05) is 38.6 Å². The molecule has 0 unspecified atom stereocenters. The van der Waals surface area contributed by atoms with Crippen molar-refractivity contribution < 1.29 is 24.2 Å². The van der Waals surface area contributed by atoms with E-state index in [0.717, 1.165) is 34.4 Å². The minimum absolute atomic E-state index is 0.00975. The van der Waals surface area contributed by atoms with Crippen molar-refractivity contribution in [3.8, 4) is 5.75 Å².